The maximum absolute atomic E-state index is 6.50. The Morgan fingerprint density at radius 3 is 1.73 bits per heavy atom. The van der Waals surface area contributed by atoms with Crippen LogP contribution in [0.25, 0.3) is 0 Å². The monoisotopic (exact) mass is 206 g/mol. The van der Waals surface area contributed by atoms with Crippen LogP contribution < -0.4 is 0 Å². The van der Waals surface area contributed by atoms with Crippen LogP contribution in [0.5, 0.6) is 0 Å². The van der Waals surface area contributed by atoms with Crippen molar-refractivity contribution in [1.82, 2.24) is 0 Å². The lowest BCUT2D eigenvalue weighted by Crippen LogP contribution is -2.37. The Morgan fingerprint density at radius 1 is 1.00 bits per heavy atom. The molecule has 1 aliphatic rings. The molecular weight excluding hydrogens is 179 g/mol. The van der Waals surface area contributed by atoms with Gasteiger partial charge in [-0.15, -0.1) is 0 Å². The summed E-state index contributed by atoms with van der Waals surface area (Å²) >= 11 is 0. The van der Waals surface area contributed by atoms with Crippen molar-refractivity contribution in [2.45, 2.75) is 66.6 Å². The molecule has 3 unspecified atom stereocenters. The highest BCUT2D eigenvalue weighted by molar-refractivity contribution is 6.15. The SMILES string of the molecule is [B]C1(C)CCC(C(C)(C)C)C1C(C)(C)C. The topological polar surface area (TPSA) is 0 Å². The third-order valence-electron chi connectivity index (χ3n) is 4.15. The van der Waals surface area contributed by atoms with Gasteiger partial charge < -0.3 is 0 Å². The van der Waals surface area contributed by atoms with E-state index in [1.54, 1.807) is 0 Å². The molecule has 0 aromatic heterocycles. The highest BCUT2D eigenvalue weighted by atomic mass is 14.5. The maximum atomic E-state index is 6.50. The van der Waals surface area contributed by atoms with E-state index in [9.17, 15) is 0 Å². The van der Waals surface area contributed by atoms with Crippen molar-refractivity contribution in [3.8, 4) is 0 Å². The molecule has 1 heteroatoms. The van der Waals surface area contributed by atoms with Crippen molar-refractivity contribution >= 4 is 7.85 Å². The van der Waals surface area contributed by atoms with Crippen LogP contribution in [0.2, 0.25) is 5.31 Å². The Bertz CT molecular complexity index is 227. The number of hydrogen-bond donors (Lipinski definition) is 0. The highest BCUT2D eigenvalue weighted by Gasteiger charge is 2.50. The van der Waals surface area contributed by atoms with Crippen LogP contribution in [0.15, 0.2) is 0 Å². The van der Waals surface area contributed by atoms with Gasteiger partial charge in [0, 0.05) is 0 Å². The van der Waals surface area contributed by atoms with E-state index in [0.717, 1.165) is 5.92 Å². The summed E-state index contributed by atoms with van der Waals surface area (Å²) in [7, 11) is 6.50. The van der Waals surface area contributed by atoms with E-state index in [1.165, 1.54) is 12.8 Å². The van der Waals surface area contributed by atoms with Gasteiger partial charge in [-0.2, -0.15) is 0 Å². The molecule has 1 rings (SSSR count). The van der Waals surface area contributed by atoms with Crippen molar-refractivity contribution in [2.24, 2.45) is 22.7 Å². The molecule has 0 nitrogen and oxygen atoms in total. The second-order valence-corrected chi connectivity index (χ2v) is 7.86. The minimum absolute atomic E-state index is 0.0240. The van der Waals surface area contributed by atoms with Gasteiger partial charge in [0.2, 0.25) is 0 Å². The summed E-state index contributed by atoms with van der Waals surface area (Å²) in [6.07, 6.45) is 2.47. The Balaban J connectivity index is 3.03. The molecule has 0 heterocycles. The van der Waals surface area contributed by atoms with Crippen LogP contribution in [0.1, 0.15) is 61.3 Å². The summed E-state index contributed by atoms with van der Waals surface area (Å²) in [6, 6.07) is 0. The fraction of sp³-hybridized carbons (Fsp3) is 1.00. The molecule has 86 valence electrons. The zero-order valence-corrected chi connectivity index (χ0v) is 11.6. The largest absolute Gasteiger partial charge is 0.0746 e. The third kappa shape index (κ3) is 2.60. The van der Waals surface area contributed by atoms with E-state index in [2.05, 4.69) is 48.5 Å². The highest BCUT2D eigenvalue weighted by Crippen LogP contribution is 2.61. The van der Waals surface area contributed by atoms with E-state index in [4.69, 9.17) is 7.85 Å². The Labute approximate surface area is 97.6 Å². The van der Waals surface area contributed by atoms with E-state index in [0.29, 0.717) is 16.7 Å². The van der Waals surface area contributed by atoms with E-state index >= 15 is 0 Å². The van der Waals surface area contributed by atoms with Crippen LogP contribution in [-0.2, 0) is 0 Å². The van der Waals surface area contributed by atoms with E-state index < -0.39 is 0 Å². The van der Waals surface area contributed by atoms with Crippen molar-refractivity contribution in [1.29, 1.82) is 0 Å². The van der Waals surface area contributed by atoms with E-state index in [1.807, 2.05) is 0 Å². The van der Waals surface area contributed by atoms with Crippen molar-refractivity contribution in [2.75, 3.05) is 0 Å². The van der Waals surface area contributed by atoms with Crippen molar-refractivity contribution < 1.29 is 0 Å². The lowest BCUT2D eigenvalue weighted by Gasteiger charge is -2.45. The van der Waals surface area contributed by atoms with E-state index in [-0.39, 0.29) is 5.31 Å². The molecule has 0 amide bonds. The average molecular weight is 206 g/mol. The molecule has 0 aliphatic heterocycles. The molecule has 3 atom stereocenters. The normalized spacial score (nSPS) is 38.3. The average Bonchev–Trinajstić information content (AvgIpc) is 2.21. The van der Waals surface area contributed by atoms with Gasteiger partial charge in [0.05, 0.1) is 7.85 Å². The quantitative estimate of drug-likeness (QED) is 0.513. The molecule has 0 N–H and O–H groups in total. The van der Waals surface area contributed by atoms with Crippen LogP contribution in [0.4, 0.5) is 0 Å². The Morgan fingerprint density at radius 2 is 1.47 bits per heavy atom. The molecule has 0 aromatic carbocycles. The zero-order chi connectivity index (χ0) is 12.1. The lowest BCUT2D eigenvalue weighted by atomic mass is 9.53. The van der Waals surface area contributed by atoms with Crippen LogP contribution >= 0.6 is 0 Å². The first-order valence-corrected chi connectivity index (χ1v) is 6.25. The summed E-state index contributed by atoms with van der Waals surface area (Å²) < 4.78 is 0. The lowest BCUT2D eigenvalue weighted by molar-refractivity contribution is 0.0806. The van der Waals surface area contributed by atoms with Gasteiger partial charge in [0.15, 0.2) is 0 Å². The van der Waals surface area contributed by atoms with Gasteiger partial charge in [-0.1, -0.05) is 60.2 Å². The predicted octanol–water partition coefficient (Wildman–Crippen LogP) is 4.45. The van der Waals surface area contributed by atoms with Crippen LogP contribution in [0, 0.1) is 22.7 Å². The summed E-state index contributed by atoms with van der Waals surface area (Å²) in [5.74, 6) is 1.39. The van der Waals surface area contributed by atoms with Gasteiger partial charge in [-0.25, -0.2) is 0 Å². The smallest absolute Gasteiger partial charge is 0.0673 e. The molecule has 0 saturated heterocycles. The van der Waals surface area contributed by atoms with Crippen LogP contribution in [-0.4, -0.2) is 7.85 Å². The maximum Gasteiger partial charge on any atom is 0.0746 e. The first-order valence-electron chi connectivity index (χ1n) is 6.25. The molecule has 1 aliphatic carbocycles. The number of hydrogen-bond acceptors (Lipinski definition) is 0. The zero-order valence-electron chi connectivity index (χ0n) is 11.6. The van der Waals surface area contributed by atoms with Gasteiger partial charge in [-0.05, 0) is 29.1 Å². The standard InChI is InChI=1S/C14H27B/c1-12(2,3)10-8-9-14(7,15)11(10)13(4,5)6/h10-11H,8-9H2,1-7H3. The summed E-state index contributed by atoms with van der Waals surface area (Å²) in [4.78, 5) is 0. The Hall–Kier alpha value is 0.0649. The van der Waals surface area contributed by atoms with Gasteiger partial charge in [0.1, 0.15) is 0 Å². The first kappa shape index (κ1) is 13.1. The number of rotatable bonds is 0. The second-order valence-electron chi connectivity index (χ2n) is 7.86. The molecule has 0 spiro atoms. The molecule has 2 radical (unpaired) electrons. The van der Waals surface area contributed by atoms with Crippen molar-refractivity contribution in [3.63, 3.8) is 0 Å². The van der Waals surface area contributed by atoms with Gasteiger partial charge >= 0.3 is 0 Å². The summed E-state index contributed by atoms with van der Waals surface area (Å²) in [5.41, 5.74) is 0.701. The minimum Gasteiger partial charge on any atom is -0.0673 e. The fourth-order valence-corrected chi connectivity index (χ4v) is 3.77. The Kier molecular flexibility index (Phi) is 3.09. The molecule has 1 saturated carbocycles. The summed E-state index contributed by atoms with van der Waals surface area (Å²) in [6.45, 7) is 16.3. The molecule has 0 bridgehead atoms. The van der Waals surface area contributed by atoms with Gasteiger partial charge in [-0.3, -0.25) is 0 Å². The van der Waals surface area contributed by atoms with Gasteiger partial charge in [0.25, 0.3) is 0 Å². The van der Waals surface area contributed by atoms with Crippen molar-refractivity contribution in [3.05, 3.63) is 0 Å². The third-order valence-corrected chi connectivity index (χ3v) is 4.15. The first-order chi connectivity index (χ1) is 6.46. The minimum atomic E-state index is 0.0240. The molecule has 0 aromatic rings. The summed E-state index contributed by atoms with van der Waals surface area (Å²) in [5, 5.41) is 0.0240. The molecule has 1 fully saturated rings. The van der Waals surface area contributed by atoms with Crippen LogP contribution in [0.3, 0.4) is 0 Å². The molecule has 15 heavy (non-hydrogen) atoms. The fourth-order valence-electron chi connectivity index (χ4n) is 3.77. The predicted molar refractivity (Wildman–Crippen MR) is 69.2 cm³/mol. The second kappa shape index (κ2) is 3.53. The molecular formula is C14H27B.